The first kappa shape index (κ1) is 128. The van der Waals surface area contributed by atoms with E-state index in [4.69, 9.17) is 36.1 Å². The monoisotopic (exact) mass is 2050 g/mol. The molecule has 0 aromatic heterocycles. The highest BCUT2D eigenvalue weighted by molar-refractivity contribution is 7.99. The smallest absolute Gasteiger partial charge is 0.326 e. The average molecular weight is 2050 g/mol. The number of carboxylic acids is 1. The summed E-state index contributed by atoms with van der Waals surface area (Å²) in [5.41, 5.74) is 12.5. The van der Waals surface area contributed by atoms with E-state index in [0.717, 1.165) is 23.5 Å². The number of carboxylic acid groups (broad SMARTS) is 1. The lowest BCUT2D eigenvalue weighted by atomic mass is 10.00. The van der Waals surface area contributed by atoms with Crippen LogP contribution in [0.15, 0.2) is 0 Å². The van der Waals surface area contributed by atoms with Gasteiger partial charge in [0.2, 0.25) is 112 Å². The number of carbonyl (C=O) groups excluding carboxylic acids is 22. The van der Waals surface area contributed by atoms with Gasteiger partial charge >= 0.3 is 23.9 Å². The highest BCUT2D eigenvalue weighted by Crippen LogP contribution is 2.20. The van der Waals surface area contributed by atoms with Crippen LogP contribution in [0.1, 0.15) is 224 Å². The molecule has 48 nitrogen and oxygen atoms in total. The van der Waals surface area contributed by atoms with E-state index in [9.17, 15) is 115 Å². The van der Waals surface area contributed by atoms with E-state index >= 15 is 0 Å². The lowest BCUT2D eigenvalue weighted by molar-refractivity contribution is -0.157. The molecule has 0 bridgehead atoms. The second-order valence-corrected chi connectivity index (χ2v) is 41.2. The third kappa shape index (κ3) is 55.1. The van der Waals surface area contributed by atoms with Crippen molar-refractivity contribution in [2.75, 3.05) is 41.3 Å². The Kier molecular flexibility index (Phi) is 56.8. The fourth-order valence-corrected chi connectivity index (χ4v) is 14.7. The van der Waals surface area contributed by atoms with Gasteiger partial charge in [-0.2, -0.15) is 25.3 Å². The van der Waals surface area contributed by atoms with Crippen LogP contribution < -0.4 is 108 Å². The van der Waals surface area contributed by atoms with Crippen molar-refractivity contribution in [3.63, 3.8) is 0 Å². The Balaban J connectivity index is 7.47. The van der Waals surface area contributed by atoms with Crippen LogP contribution >= 0.6 is 48.8 Å². The number of nitrogens with two attached hydrogens (primary N) is 3. The standard InChI is InChI=1S/C87H150N20O28S4/c1-41(2)29-52(99-71(118)50(25-27-63(113)133-85(16,17)18)97-78(125)58(37-138-39-92-47(11)108)104-72(119)51(26-28-64(114)134-86(19,20)21)96-74(121)54(33-65(115)135-87(22,23)24)98-70(117)49(88)31-60(89)110)73(120)102-57(36-137)77(124)106-67(44(7)8)82(129)100-53(32-61(90)111)75(122)105-66(43(5)6)81(128)94-45(9)69(116)103-59(38-139-40-93-48(12)109)79(126)107-68(46(10)132-84(13,14)15)80(127)91-34-62(112)95-56(35-136)76(123)101-55(83(130)131)30-42(3)4/h41-46,49-59,66-68,136-137H,25-40,88H2,1-24H3,(H2,89,110)(H2,90,111)(H,91,127)(H,92,108)(H,93,109)(H,94,128)(H,95,112)(H,96,121)(H,97,125)(H,98,117)(H,99,118)(H,100,129)(H,101,123)(H,102,120)(H,103,116)(H,104,119)(H,105,122)(H,106,124)(H,107,126)(H,130,131)/t45-,46+,49-,50-,51-,52-,53-,54-,55-,56-,57-,58-,59-,66-,67-,68-/m0/s1. The SMILES string of the molecule is CC(=O)NCSC[C@H](NC(=O)[C@H](C)NC(=O)[C@@H](NC(=O)[C@H](CC(N)=O)NC(=O)[C@@H](NC(=O)[C@H](CS)NC(=O)[C@H](CC(C)C)NC(=O)[C@H](CCC(=O)OC(C)(C)C)NC(=O)[C@H](CSCNC(C)=O)NC(=O)[C@H](CCC(=O)OC(C)(C)C)NC(=O)[C@H](CC(=O)OC(C)(C)C)NC(=O)[C@@H](N)CC(N)=O)C(C)C)C(C)C)C(=O)N[C@H](C(=O)NCC(=O)N[C@@H](CS)C(=O)N[C@@H](CC(C)C)C(=O)O)[C@@H](C)OC(C)(C)C. The number of rotatable bonds is 61. The third-order valence-electron chi connectivity index (χ3n) is 18.9. The molecule has 52 heteroatoms. The molecule has 0 saturated heterocycles. The summed E-state index contributed by atoms with van der Waals surface area (Å²) in [6.45, 7) is 35.8. The summed E-state index contributed by atoms with van der Waals surface area (Å²) >= 11 is 10.3. The van der Waals surface area contributed by atoms with Gasteiger partial charge in [-0.15, -0.1) is 23.5 Å². The fraction of sp³-hybridized carbons (Fsp3) is 0.736. The lowest BCUT2D eigenvalue weighted by Crippen LogP contribution is -2.62. The number of hydrogen-bond donors (Lipinski definition) is 23. The van der Waals surface area contributed by atoms with Crippen molar-refractivity contribution in [2.24, 2.45) is 40.9 Å². The zero-order valence-electron chi connectivity index (χ0n) is 83.8. The lowest BCUT2D eigenvalue weighted by Gasteiger charge is -2.32. The number of hydrogen-bond acceptors (Lipinski definition) is 32. The molecule has 0 aromatic carbocycles. The van der Waals surface area contributed by atoms with Crippen molar-refractivity contribution in [2.45, 2.75) is 343 Å². The van der Waals surface area contributed by atoms with Crippen LogP contribution in [-0.4, -0.2) is 302 Å². The van der Waals surface area contributed by atoms with E-state index in [-0.39, 0.29) is 42.0 Å². The van der Waals surface area contributed by atoms with Crippen LogP contribution in [0.4, 0.5) is 0 Å². The third-order valence-corrected chi connectivity index (χ3v) is 21.4. The summed E-state index contributed by atoms with van der Waals surface area (Å²) < 4.78 is 22.4. The molecule has 139 heavy (non-hydrogen) atoms. The van der Waals surface area contributed by atoms with Gasteiger partial charge in [0.15, 0.2) is 0 Å². The summed E-state index contributed by atoms with van der Waals surface area (Å²) in [5, 5.41) is 51.4. The molecule has 0 aliphatic rings. The number of thioether (sulfide) groups is 2. The van der Waals surface area contributed by atoms with Gasteiger partial charge in [0.1, 0.15) is 101 Å². The minimum atomic E-state index is -1.89. The maximum atomic E-state index is 14.9. The van der Waals surface area contributed by atoms with Gasteiger partial charge in [-0.1, -0.05) is 55.4 Å². The van der Waals surface area contributed by atoms with Crippen molar-refractivity contribution in [3.05, 3.63) is 0 Å². The number of amides is 19. The normalized spacial score (nSPS) is 15.1. The Morgan fingerprint density at radius 3 is 1.07 bits per heavy atom. The van der Waals surface area contributed by atoms with Gasteiger partial charge in [-0.05, 0) is 146 Å². The van der Waals surface area contributed by atoms with Crippen LogP contribution in [0.25, 0.3) is 0 Å². The zero-order chi connectivity index (χ0) is 107. The summed E-state index contributed by atoms with van der Waals surface area (Å²) in [6.07, 6.45) is -6.13. The molecule has 0 heterocycles. The number of thiol groups is 2. The number of carbonyl (C=O) groups is 23. The Morgan fingerprint density at radius 2 is 0.662 bits per heavy atom. The first-order valence-electron chi connectivity index (χ1n) is 45.2. The van der Waals surface area contributed by atoms with Crippen molar-refractivity contribution in [3.8, 4) is 0 Å². The Bertz CT molecular complexity index is 4250. The number of aliphatic carboxylic acids is 1. The molecule has 0 aliphatic heterocycles. The first-order valence-corrected chi connectivity index (χ1v) is 48.7. The van der Waals surface area contributed by atoms with Gasteiger partial charge in [-0.3, -0.25) is 105 Å². The summed E-state index contributed by atoms with van der Waals surface area (Å²) in [5.74, 6) is -27.4. The largest absolute Gasteiger partial charge is 0.480 e. The van der Waals surface area contributed by atoms with E-state index < -0.39 is 336 Å². The van der Waals surface area contributed by atoms with Crippen molar-refractivity contribution in [1.82, 2.24) is 90.4 Å². The van der Waals surface area contributed by atoms with Crippen molar-refractivity contribution in [1.29, 1.82) is 0 Å². The van der Waals surface area contributed by atoms with Crippen LogP contribution in [0.3, 0.4) is 0 Å². The molecule has 0 unspecified atom stereocenters. The molecule has 19 amide bonds. The van der Waals surface area contributed by atoms with Crippen molar-refractivity contribution < 1.29 is 134 Å². The molecule has 0 fully saturated rings. The predicted molar refractivity (Wildman–Crippen MR) is 518 cm³/mol. The minimum Gasteiger partial charge on any atom is -0.480 e. The van der Waals surface area contributed by atoms with Gasteiger partial charge < -0.3 is 132 Å². The van der Waals surface area contributed by atoms with Crippen LogP contribution in [0.5, 0.6) is 0 Å². The van der Waals surface area contributed by atoms with Crippen LogP contribution in [0, 0.1) is 23.7 Å². The maximum Gasteiger partial charge on any atom is 0.326 e. The number of esters is 3. The maximum absolute atomic E-state index is 14.9. The molecule has 0 spiro atoms. The molecule has 790 valence electrons. The number of primary amides is 2. The fourth-order valence-electron chi connectivity index (χ4n) is 12.4. The van der Waals surface area contributed by atoms with E-state index in [1.165, 1.54) is 76.2 Å². The highest BCUT2D eigenvalue weighted by atomic mass is 32.2. The van der Waals surface area contributed by atoms with E-state index in [1.807, 2.05) is 0 Å². The van der Waals surface area contributed by atoms with E-state index in [0.29, 0.717) is 0 Å². The molecule has 0 saturated carbocycles. The first-order chi connectivity index (χ1) is 63.9. The Morgan fingerprint density at radius 1 is 0.338 bits per heavy atom. The molecule has 24 N–H and O–H groups in total. The van der Waals surface area contributed by atoms with Crippen LogP contribution in [0.2, 0.25) is 0 Å². The number of ether oxygens (including phenoxy) is 4. The molecule has 0 rings (SSSR count). The van der Waals surface area contributed by atoms with E-state index in [2.05, 4.69) is 116 Å². The van der Waals surface area contributed by atoms with Gasteiger partial charge in [0.05, 0.1) is 55.3 Å². The molecular formula is C87H150N20O28S4. The summed E-state index contributed by atoms with van der Waals surface area (Å²) in [6, 6.07) is -24.7. The quantitative estimate of drug-likeness (QED) is 0.00912. The Labute approximate surface area is 830 Å². The van der Waals surface area contributed by atoms with Gasteiger partial charge in [-0.25, -0.2) is 4.79 Å². The minimum absolute atomic E-state index is 0.0704. The Hall–Kier alpha value is -10.9. The van der Waals surface area contributed by atoms with Crippen molar-refractivity contribution >= 4 is 185 Å². The zero-order valence-corrected chi connectivity index (χ0v) is 87.2. The second-order valence-electron chi connectivity index (χ2n) is 38.4. The second kappa shape index (κ2) is 61.6. The van der Waals surface area contributed by atoms with Gasteiger partial charge in [0.25, 0.3) is 0 Å². The predicted octanol–water partition coefficient (Wildman–Crippen LogP) is -3.83. The summed E-state index contributed by atoms with van der Waals surface area (Å²) in [7, 11) is 0. The molecule has 0 aromatic rings. The molecule has 16 atom stereocenters. The van der Waals surface area contributed by atoms with Crippen LogP contribution in [-0.2, 0) is 129 Å². The molecule has 0 radical (unpaired) electrons. The summed E-state index contributed by atoms with van der Waals surface area (Å²) in [4.78, 5) is 313. The topological polar surface area (TPSA) is 732 Å². The highest BCUT2D eigenvalue weighted by Gasteiger charge is 2.42. The van der Waals surface area contributed by atoms with Gasteiger partial charge in [0, 0.05) is 49.7 Å². The molecular weight excluding hydrogens is 1900 g/mol. The molecule has 0 aliphatic carbocycles. The average Bonchev–Trinajstić information content (AvgIpc) is 0.853. The van der Waals surface area contributed by atoms with E-state index in [1.54, 1.807) is 90.0 Å². The number of nitrogens with one attached hydrogen (secondary N) is 17.